The fourth-order valence-corrected chi connectivity index (χ4v) is 2.95. The van der Waals surface area contributed by atoms with Gasteiger partial charge in [0.15, 0.2) is 0 Å². The van der Waals surface area contributed by atoms with E-state index in [4.69, 9.17) is 0 Å². The lowest BCUT2D eigenvalue weighted by Gasteiger charge is -2.37. The van der Waals surface area contributed by atoms with Crippen molar-refractivity contribution in [1.82, 2.24) is 15.1 Å². The van der Waals surface area contributed by atoms with Crippen LogP contribution in [0.25, 0.3) is 0 Å². The molecule has 1 saturated carbocycles. The zero-order valence-electron chi connectivity index (χ0n) is 11.5. The van der Waals surface area contributed by atoms with Crippen molar-refractivity contribution in [3.8, 4) is 0 Å². The lowest BCUT2D eigenvalue weighted by Crippen LogP contribution is -2.54. The third-order valence-electron chi connectivity index (χ3n) is 4.34. The minimum atomic E-state index is 0.197. The standard InChI is InChI=1S/C13H25N3OS/c1-15-5-6-16(2)11(9-15)8-14-12(17)7-13(10-18)3-4-13/h11,18H,3-10H2,1-2H3,(H,14,17). The number of carbonyl (C=O) groups is 1. The summed E-state index contributed by atoms with van der Waals surface area (Å²) in [4.78, 5) is 16.6. The molecular weight excluding hydrogens is 246 g/mol. The third-order valence-corrected chi connectivity index (χ3v) is 5.01. The molecule has 1 atom stereocenters. The predicted molar refractivity (Wildman–Crippen MR) is 77.1 cm³/mol. The molecule has 1 aliphatic carbocycles. The fraction of sp³-hybridized carbons (Fsp3) is 0.923. The maximum Gasteiger partial charge on any atom is 0.220 e. The van der Waals surface area contributed by atoms with Gasteiger partial charge in [0.25, 0.3) is 0 Å². The summed E-state index contributed by atoms with van der Waals surface area (Å²) in [5.41, 5.74) is 0.225. The Morgan fingerprint density at radius 3 is 2.72 bits per heavy atom. The summed E-state index contributed by atoms with van der Waals surface area (Å²) in [6.07, 6.45) is 2.98. The summed E-state index contributed by atoms with van der Waals surface area (Å²) >= 11 is 4.34. The van der Waals surface area contributed by atoms with Gasteiger partial charge < -0.3 is 10.2 Å². The summed E-state index contributed by atoms with van der Waals surface area (Å²) in [6, 6.07) is 0.443. The quantitative estimate of drug-likeness (QED) is 0.713. The SMILES string of the molecule is CN1CCN(C)C(CNC(=O)CC2(CS)CC2)C1. The Morgan fingerprint density at radius 1 is 1.39 bits per heavy atom. The molecule has 4 nitrogen and oxygen atoms in total. The highest BCUT2D eigenvalue weighted by atomic mass is 32.1. The lowest BCUT2D eigenvalue weighted by molar-refractivity contribution is -0.122. The smallest absolute Gasteiger partial charge is 0.220 e. The van der Waals surface area contributed by atoms with Gasteiger partial charge in [0.2, 0.25) is 5.91 Å². The number of carbonyl (C=O) groups excluding carboxylic acids is 1. The largest absolute Gasteiger partial charge is 0.354 e. The van der Waals surface area contributed by atoms with E-state index in [1.165, 1.54) is 0 Å². The van der Waals surface area contributed by atoms with Crippen LogP contribution in [0.1, 0.15) is 19.3 Å². The second-order valence-electron chi connectivity index (χ2n) is 6.04. The molecule has 0 spiro atoms. The van der Waals surface area contributed by atoms with E-state index < -0.39 is 0 Å². The maximum atomic E-state index is 11.9. The summed E-state index contributed by atoms with van der Waals surface area (Å²) < 4.78 is 0. The summed E-state index contributed by atoms with van der Waals surface area (Å²) in [6.45, 7) is 4.00. The Morgan fingerprint density at radius 2 is 2.11 bits per heavy atom. The maximum absolute atomic E-state index is 11.9. The van der Waals surface area contributed by atoms with Crippen molar-refractivity contribution in [2.24, 2.45) is 5.41 Å². The molecule has 1 aliphatic heterocycles. The van der Waals surface area contributed by atoms with Crippen molar-refractivity contribution in [3.05, 3.63) is 0 Å². The van der Waals surface area contributed by atoms with Gasteiger partial charge in [-0.25, -0.2) is 0 Å². The average Bonchev–Trinajstić information content (AvgIpc) is 3.11. The number of hydrogen-bond donors (Lipinski definition) is 2. The molecule has 1 heterocycles. The van der Waals surface area contributed by atoms with Crippen LogP contribution in [0.3, 0.4) is 0 Å². The van der Waals surface area contributed by atoms with E-state index >= 15 is 0 Å². The van der Waals surface area contributed by atoms with E-state index in [-0.39, 0.29) is 11.3 Å². The van der Waals surface area contributed by atoms with Gasteiger partial charge in [0.1, 0.15) is 0 Å². The zero-order valence-corrected chi connectivity index (χ0v) is 12.4. The predicted octanol–water partition coefficient (Wildman–Crippen LogP) is 0.448. The Balaban J connectivity index is 1.71. The van der Waals surface area contributed by atoms with E-state index in [9.17, 15) is 4.79 Å². The van der Waals surface area contributed by atoms with Crippen LogP contribution in [-0.2, 0) is 4.79 Å². The van der Waals surface area contributed by atoms with Crippen molar-refractivity contribution in [3.63, 3.8) is 0 Å². The van der Waals surface area contributed by atoms with Crippen molar-refractivity contribution in [2.75, 3.05) is 46.0 Å². The van der Waals surface area contributed by atoms with Crippen LogP contribution in [0.4, 0.5) is 0 Å². The number of nitrogens with zero attached hydrogens (tertiary/aromatic N) is 2. The molecule has 0 aromatic heterocycles. The second kappa shape index (κ2) is 5.80. The second-order valence-corrected chi connectivity index (χ2v) is 6.35. The molecule has 0 bridgehead atoms. The Kier molecular flexibility index (Phi) is 4.56. The number of thiol groups is 1. The molecule has 18 heavy (non-hydrogen) atoms. The van der Waals surface area contributed by atoms with Crippen LogP contribution in [0, 0.1) is 5.41 Å². The number of hydrogen-bond acceptors (Lipinski definition) is 4. The first-order chi connectivity index (χ1) is 8.54. The fourth-order valence-electron chi connectivity index (χ4n) is 2.52. The molecule has 2 rings (SSSR count). The minimum absolute atomic E-state index is 0.197. The van der Waals surface area contributed by atoms with E-state index in [1.54, 1.807) is 0 Å². The molecule has 5 heteroatoms. The zero-order chi connectivity index (χ0) is 13.2. The van der Waals surface area contributed by atoms with Crippen LogP contribution in [0.15, 0.2) is 0 Å². The average molecular weight is 271 g/mol. The molecule has 104 valence electrons. The van der Waals surface area contributed by atoms with E-state index in [0.717, 1.165) is 44.8 Å². The van der Waals surface area contributed by atoms with Crippen LogP contribution in [0.5, 0.6) is 0 Å². The van der Waals surface area contributed by atoms with Crippen LogP contribution < -0.4 is 5.32 Å². The highest BCUT2D eigenvalue weighted by Gasteiger charge is 2.42. The van der Waals surface area contributed by atoms with Crippen LogP contribution >= 0.6 is 12.6 Å². The van der Waals surface area contributed by atoms with Gasteiger partial charge in [-0.05, 0) is 38.1 Å². The number of amides is 1. The van der Waals surface area contributed by atoms with Gasteiger partial charge in [-0.3, -0.25) is 9.69 Å². The van der Waals surface area contributed by atoms with E-state index in [2.05, 4.69) is 41.8 Å². The number of rotatable bonds is 5. The first-order valence-electron chi connectivity index (χ1n) is 6.81. The Bertz CT molecular complexity index is 307. The van der Waals surface area contributed by atoms with Gasteiger partial charge in [-0.1, -0.05) is 0 Å². The monoisotopic (exact) mass is 271 g/mol. The van der Waals surface area contributed by atoms with Crippen molar-refractivity contribution >= 4 is 18.5 Å². The first-order valence-corrected chi connectivity index (χ1v) is 7.44. The normalized spacial score (nSPS) is 28.1. The number of piperazine rings is 1. The van der Waals surface area contributed by atoms with Crippen molar-refractivity contribution < 1.29 is 4.79 Å². The van der Waals surface area contributed by atoms with Crippen LogP contribution in [-0.4, -0.2) is 67.8 Å². The number of nitrogens with one attached hydrogen (secondary N) is 1. The van der Waals surface area contributed by atoms with E-state index in [0.29, 0.717) is 12.5 Å². The molecule has 1 N–H and O–H groups in total. The molecule has 0 aromatic rings. The van der Waals surface area contributed by atoms with Gasteiger partial charge in [0.05, 0.1) is 0 Å². The summed E-state index contributed by atoms with van der Waals surface area (Å²) in [5, 5.41) is 3.09. The Hall–Kier alpha value is -0.260. The molecule has 1 saturated heterocycles. The van der Waals surface area contributed by atoms with Gasteiger partial charge in [-0.15, -0.1) is 0 Å². The highest BCUT2D eigenvalue weighted by molar-refractivity contribution is 7.80. The molecule has 2 fully saturated rings. The third kappa shape index (κ3) is 3.62. The molecule has 1 amide bonds. The molecule has 0 radical (unpaired) electrons. The molecule has 2 aliphatic rings. The lowest BCUT2D eigenvalue weighted by atomic mass is 10.0. The highest BCUT2D eigenvalue weighted by Crippen LogP contribution is 2.49. The number of likely N-dealkylation sites (N-methyl/N-ethyl adjacent to an activating group) is 2. The molecule has 1 unspecified atom stereocenters. The minimum Gasteiger partial charge on any atom is -0.354 e. The van der Waals surface area contributed by atoms with Gasteiger partial charge >= 0.3 is 0 Å². The van der Waals surface area contributed by atoms with Crippen molar-refractivity contribution in [2.45, 2.75) is 25.3 Å². The summed E-state index contributed by atoms with van der Waals surface area (Å²) in [5.74, 6) is 1.04. The summed E-state index contributed by atoms with van der Waals surface area (Å²) in [7, 11) is 4.28. The van der Waals surface area contributed by atoms with E-state index in [1.807, 2.05) is 0 Å². The Labute approximate surface area is 115 Å². The van der Waals surface area contributed by atoms with Gasteiger partial charge in [0, 0.05) is 38.6 Å². The molecule has 0 aromatic carbocycles. The van der Waals surface area contributed by atoms with Gasteiger partial charge in [-0.2, -0.15) is 12.6 Å². The topological polar surface area (TPSA) is 35.6 Å². The van der Waals surface area contributed by atoms with Crippen LogP contribution in [0.2, 0.25) is 0 Å². The van der Waals surface area contributed by atoms with Crippen molar-refractivity contribution in [1.29, 1.82) is 0 Å². The molecular formula is C13H25N3OS. The first kappa shape index (κ1) is 14.2.